The number of aliphatic hydroxyl groups excluding tert-OH is 3. The number of methoxy groups -OCH3 is 1. The quantitative estimate of drug-likeness (QED) is 0.0483. The molecule has 2 aromatic rings. The molecule has 2 atom stereocenters. The lowest BCUT2D eigenvalue weighted by atomic mass is 9.96. The zero-order valence-corrected chi connectivity index (χ0v) is 33.4. The Hall–Kier alpha value is -2.40. The second-order valence-corrected chi connectivity index (χ2v) is 16.0. The summed E-state index contributed by atoms with van der Waals surface area (Å²) in [6.45, 7) is 5.58. The molecule has 0 bridgehead atoms. The van der Waals surface area contributed by atoms with Crippen LogP contribution in [0.1, 0.15) is 73.3 Å². The predicted octanol–water partition coefficient (Wildman–Crippen LogP) is 3.07. The largest absolute Gasteiger partial charge is 0.493 e. The van der Waals surface area contributed by atoms with Crippen molar-refractivity contribution in [2.24, 2.45) is 0 Å². The Kier molecular flexibility index (Phi) is 24.3. The molecular formula is C36H60N2O14P2. The first-order valence-corrected chi connectivity index (χ1v) is 21.3. The van der Waals surface area contributed by atoms with Crippen molar-refractivity contribution in [1.82, 2.24) is 9.80 Å². The molecule has 16 nitrogen and oxygen atoms in total. The van der Waals surface area contributed by atoms with Crippen LogP contribution in [0.3, 0.4) is 0 Å². The van der Waals surface area contributed by atoms with E-state index >= 15 is 0 Å². The Morgan fingerprint density at radius 2 is 1.31 bits per heavy atom. The SMILES string of the molecule is C=O.CCOc1c(CO)cccc1CN(CP(=O)(O)O)C(CO)C(CCCCCC(=O)CCOCCOC)N(Cc1cccc(CO)c1C)CP(=O)(O)O. The third kappa shape index (κ3) is 18.5. The highest BCUT2D eigenvalue weighted by Gasteiger charge is 2.37. The van der Waals surface area contributed by atoms with E-state index in [1.54, 1.807) is 57.4 Å². The van der Waals surface area contributed by atoms with Crippen molar-refractivity contribution >= 4 is 27.8 Å². The van der Waals surface area contributed by atoms with Crippen LogP contribution in [0, 0.1) is 6.92 Å². The average Bonchev–Trinajstić information content (AvgIpc) is 3.11. The van der Waals surface area contributed by atoms with Gasteiger partial charge in [0.2, 0.25) is 0 Å². The van der Waals surface area contributed by atoms with Gasteiger partial charge in [0.15, 0.2) is 0 Å². The van der Waals surface area contributed by atoms with Gasteiger partial charge in [-0.25, -0.2) is 0 Å². The molecule has 308 valence electrons. The van der Waals surface area contributed by atoms with E-state index in [1.807, 2.05) is 6.79 Å². The second kappa shape index (κ2) is 26.5. The first kappa shape index (κ1) is 49.6. The number of rotatable bonds is 28. The molecule has 2 rings (SSSR count). The van der Waals surface area contributed by atoms with Gasteiger partial charge < -0.3 is 53.9 Å². The number of para-hydroxylation sites is 1. The van der Waals surface area contributed by atoms with Gasteiger partial charge in [0, 0.05) is 56.3 Å². The minimum Gasteiger partial charge on any atom is -0.493 e. The van der Waals surface area contributed by atoms with Crippen molar-refractivity contribution < 1.29 is 67.8 Å². The summed E-state index contributed by atoms with van der Waals surface area (Å²) in [5, 5.41) is 30.9. The van der Waals surface area contributed by atoms with Crippen LogP contribution in [0.15, 0.2) is 36.4 Å². The van der Waals surface area contributed by atoms with E-state index in [0.29, 0.717) is 66.9 Å². The van der Waals surface area contributed by atoms with E-state index in [2.05, 4.69) is 0 Å². The lowest BCUT2D eigenvalue weighted by Crippen LogP contribution is -2.53. The maximum atomic E-state index is 12.6. The number of nitrogens with zero attached hydrogens (tertiary/aromatic N) is 2. The number of carbonyl (C=O) groups excluding carboxylic acids is 2. The number of hydrogen-bond acceptors (Lipinski definition) is 12. The lowest BCUT2D eigenvalue weighted by Gasteiger charge is -2.42. The lowest BCUT2D eigenvalue weighted by molar-refractivity contribution is -0.120. The van der Waals surface area contributed by atoms with Crippen LogP contribution in [0.4, 0.5) is 0 Å². The molecule has 0 saturated carbocycles. The molecule has 0 aliphatic rings. The van der Waals surface area contributed by atoms with Crippen molar-refractivity contribution in [3.63, 3.8) is 0 Å². The van der Waals surface area contributed by atoms with Gasteiger partial charge in [-0.3, -0.25) is 23.7 Å². The zero-order valence-electron chi connectivity index (χ0n) is 31.6. The van der Waals surface area contributed by atoms with Gasteiger partial charge in [0.25, 0.3) is 0 Å². The van der Waals surface area contributed by atoms with Gasteiger partial charge in [0.1, 0.15) is 30.9 Å². The molecule has 0 saturated heterocycles. The molecular weight excluding hydrogens is 746 g/mol. The molecule has 0 radical (unpaired) electrons. The Morgan fingerprint density at radius 3 is 1.87 bits per heavy atom. The summed E-state index contributed by atoms with van der Waals surface area (Å²) >= 11 is 0. The number of ketones is 1. The van der Waals surface area contributed by atoms with Crippen molar-refractivity contribution in [2.75, 3.05) is 52.7 Å². The van der Waals surface area contributed by atoms with Crippen LogP contribution in [-0.2, 0) is 54.5 Å². The summed E-state index contributed by atoms with van der Waals surface area (Å²) < 4.78 is 41.4. The van der Waals surface area contributed by atoms with Crippen LogP contribution >= 0.6 is 15.2 Å². The number of hydrogen-bond donors (Lipinski definition) is 7. The summed E-state index contributed by atoms with van der Waals surface area (Å²) in [4.78, 5) is 64.4. The molecule has 0 aliphatic carbocycles. The molecule has 0 heterocycles. The number of ether oxygens (including phenoxy) is 3. The average molecular weight is 807 g/mol. The molecule has 18 heteroatoms. The number of aliphatic hydroxyl groups is 3. The van der Waals surface area contributed by atoms with Gasteiger partial charge in [0.05, 0.1) is 46.2 Å². The van der Waals surface area contributed by atoms with E-state index < -0.39 is 46.5 Å². The van der Waals surface area contributed by atoms with E-state index in [0.717, 1.165) is 5.56 Å². The summed E-state index contributed by atoms with van der Waals surface area (Å²) in [5.41, 5.74) is 2.99. The Balaban J connectivity index is 0.00000716. The molecule has 0 aromatic heterocycles. The molecule has 0 spiro atoms. The molecule has 0 amide bonds. The van der Waals surface area contributed by atoms with E-state index in [-0.39, 0.29) is 58.1 Å². The number of carbonyl (C=O) groups is 2. The summed E-state index contributed by atoms with van der Waals surface area (Å²) in [5.74, 6) is 0.376. The van der Waals surface area contributed by atoms with Crippen LogP contribution < -0.4 is 4.74 Å². The van der Waals surface area contributed by atoms with Gasteiger partial charge in [-0.1, -0.05) is 49.2 Å². The fourth-order valence-corrected chi connectivity index (χ4v) is 7.82. The predicted molar refractivity (Wildman–Crippen MR) is 203 cm³/mol. The number of benzene rings is 2. The van der Waals surface area contributed by atoms with Crippen molar-refractivity contribution in [3.05, 3.63) is 64.2 Å². The normalized spacial score (nSPS) is 13.1. The van der Waals surface area contributed by atoms with Gasteiger partial charge in [-0.15, -0.1) is 0 Å². The minimum absolute atomic E-state index is 0.00144. The van der Waals surface area contributed by atoms with Gasteiger partial charge in [-0.05, 0) is 43.4 Å². The van der Waals surface area contributed by atoms with Crippen molar-refractivity contribution in [1.29, 1.82) is 0 Å². The Morgan fingerprint density at radius 1 is 0.759 bits per heavy atom. The van der Waals surface area contributed by atoms with Crippen LogP contribution in [0.5, 0.6) is 5.75 Å². The Bertz CT molecular complexity index is 1470. The van der Waals surface area contributed by atoms with E-state index in [4.69, 9.17) is 19.0 Å². The maximum Gasteiger partial charge on any atom is 0.339 e. The molecule has 0 aliphatic heterocycles. The molecule has 7 N–H and O–H groups in total. The van der Waals surface area contributed by atoms with Crippen molar-refractivity contribution in [2.45, 2.75) is 90.8 Å². The fraction of sp³-hybridized carbons (Fsp3) is 0.611. The molecule has 2 unspecified atom stereocenters. The van der Waals surface area contributed by atoms with Crippen LogP contribution in [0.25, 0.3) is 0 Å². The minimum atomic E-state index is -4.76. The fourth-order valence-electron chi connectivity index (χ4n) is 6.26. The van der Waals surface area contributed by atoms with Gasteiger partial charge in [-0.2, -0.15) is 0 Å². The molecule has 0 fully saturated rings. The summed E-state index contributed by atoms with van der Waals surface area (Å²) in [6.07, 6.45) is 0.915. The van der Waals surface area contributed by atoms with Crippen molar-refractivity contribution in [3.8, 4) is 5.75 Å². The maximum absolute atomic E-state index is 12.6. The Labute approximate surface area is 318 Å². The number of Topliss-reactive ketones (excluding diaryl/α,β-unsaturated/α-hetero) is 1. The molecule has 54 heavy (non-hydrogen) atoms. The first-order valence-electron chi connectivity index (χ1n) is 17.8. The number of unbranched alkanes of at least 4 members (excludes halogenated alkanes) is 2. The summed E-state index contributed by atoms with van der Waals surface area (Å²) in [7, 11) is -7.93. The highest BCUT2D eigenvalue weighted by atomic mass is 31.2. The third-order valence-corrected chi connectivity index (χ3v) is 10.3. The molecule has 2 aromatic carbocycles. The highest BCUT2D eigenvalue weighted by Crippen LogP contribution is 2.41. The van der Waals surface area contributed by atoms with E-state index in [1.165, 1.54) is 9.80 Å². The van der Waals surface area contributed by atoms with Crippen LogP contribution in [0.2, 0.25) is 0 Å². The smallest absolute Gasteiger partial charge is 0.339 e. The topological polar surface area (TPSA) is 244 Å². The second-order valence-electron chi connectivity index (χ2n) is 12.8. The monoisotopic (exact) mass is 806 g/mol. The standard InChI is InChI=1S/C35H58N2O13P2.CH2O/c1-4-50-35-29(11-9-13-31(35)23-39)21-37(26-52(45,46)47)34(24-40)33(15-7-5-6-14-32(41)16-17-49-19-18-48-3)36(25-51(42,43)44)20-28-10-8-12-30(22-38)27(28)2;1-2/h8-13,33-34,38-40H,4-7,14-26H2,1-3H3,(H2,42,43,44)(H2,45,46,47);1H2. The first-order chi connectivity index (χ1) is 25.7. The zero-order chi connectivity index (χ0) is 40.7. The highest BCUT2D eigenvalue weighted by molar-refractivity contribution is 7.51. The third-order valence-electron chi connectivity index (χ3n) is 8.83. The van der Waals surface area contributed by atoms with Gasteiger partial charge >= 0.3 is 15.2 Å². The van der Waals surface area contributed by atoms with Crippen LogP contribution in [-0.4, -0.2) is 122 Å². The summed E-state index contributed by atoms with van der Waals surface area (Å²) in [6, 6.07) is 8.39. The van der Waals surface area contributed by atoms with E-state index in [9.17, 15) is 48.8 Å².